The highest BCUT2D eigenvalue weighted by Crippen LogP contribution is 2.42. The minimum absolute atomic E-state index is 0.00327. The van der Waals surface area contributed by atoms with Crippen LogP contribution < -0.4 is 9.47 Å². The van der Waals surface area contributed by atoms with Crippen LogP contribution in [0.2, 0.25) is 30.1 Å². The number of esters is 3. The largest absolute Gasteiger partial charge is 0.476 e. The lowest BCUT2D eigenvalue weighted by atomic mass is 10.1. The van der Waals surface area contributed by atoms with Gasteiger partial charge in [0.15, 0.2) is 17.6 Å². The molecular weight excluding hydrogens is 745 g/mol. The predicted octanol–water partition coefficient (Wildman–Crippen LogP) is 10.4. The highest BCUT2D eigenvalue weighted by Gasteiger charge is 2.31. The zero-order chi connectivity index (χ0) is 35.1. The highest BCUT2D eigenvalue weighted by atomic mass is 35.5. The van der Waals surface area contributed by atoms with E-state index in [4.69, 9.17) is 88.6 Å². The Labute approximate surface area is 307 Å². The summed E-state index contributed by atoms with van der Waals surface area (Å²) >= 11 is 37.9. The average Bonchev–Trinajstić information content (AvgIpc) is 3.04. The van der Waals surface area contributed by atoms with Gasteiger partial charge in [0.05, 0.1) is 43.3 Å². The topological polar surface area (TPSA) is 88.1 Å². The summed E-state index contributed by atoms with van der Waals surface area (Å²) in [6.07, 6.45) is -0.580. The molecule has 0 saturated heterocycles. The van der Waals surface area contributed by atoms with Crippen LogP contribution in [-0.4, -0.2) is 37.2 Å². The third kappa shape index (κ3) is 9.08. The quantitative estimate of drug-likeness (QED) is 0.0805. The molecule has 1 atom stereocenters. The Hall–Kier alpha value is -3.17. The van der Waals surface area contributed by atoms with E-state index < -0.39 is 29.8 Å². The van der Waals surface area contributed by atoms with Gasteiger partial charge >= 0.3 is 17.9 Å². The van der Waals surface area contributed by atoms with Crippen molar-refractivity contribution in [2.75, 3.05) is 13.2 Å². The van der Waals surface area contributed by atoms with Crippen LogP contribution in [0.25, 0.3) is 0 Å². The zero-order valence-corrected chi connectivity index (χ0v) is 30.3. The fraction of sp³-hybridized carbons (Fsp3) is 0.229. The summed E-state index contributed by atoms with van der Waals surface area (Å²) in [5.41, 5.74) is 3.39. The number of hydrogen-bond donors (Lipinski definition) is 0. The van der Waals surface area contributed by atoms with Crippen molar-refractivity contribution in [3.63, 3.8) is 0 Å². The first-order valence-corrected chi connectivity index (χ1v) is 16.7. The van der Waals surface area contributed by atoms with Crippen LogP contribution in [0.4, 0.5) is 0 Å². The van der Waals surface area contributed by atoms with Gasteiger partial charge in [-0.1, -0.05) is 118 Å². The van der Waals surface area contributed by atoms with Gasteiger partial charge in [0.1, 0.15) is 11.1 Å². The number of aryl methyl sites for hydroxylation is 2. The first kappa shape index (κ1) is 37.6. The lowest BCUT2D eigenvalue weighted by molar-refractivity contribution is -0.141. The van der Waals surface area contributed by atoms with Crippen molar-refractivity contribution in [2.24, 2.45) is 0 Å². The zero-order valence-electron chi connectivity index (χ0n) is 25.8. The number of benzene rings is 4. The molecule has 13 heteroatoms. The van der Waals surface area contributed by atoms with Crippen LogP contribution in [0.3, 0.4) is 0 Å². The molecule has 4 aromatic carbocycles. The minimum atomic E-state index is -1.44. The van der Waals surface area contributed by atoms with E-state index in [9.17, 15) is 14.4 Å². The summed E-state index contributed by atoms with van der Waals surface area (Å²) < 4.78 is 22.2. The monoisotopic (exact) mass is 770 g/mol. The van der Waals surface area contributed by atoms with Crippen LogP contribution >= 0.6 is 69.6 Å². The van der Waals surface area contributed by atoms with Gasteiger partial charge in [-0.15, -0.1) is 0 Å². The molecule has 7 nitrogen and oxygen atoms in total. The summed E-state index contributed by atoms with van der Waals surface area (Å²) in [5, 5.41) is -0.850. The maximum atomic E-state index is 13.3. The molecule has 0 spiro atoms. The molecule has 0 N–H and O–H groups in total. The van der Waals surface area contributed by atoms with Crippen molar-refractivity contribution < 1.29 is 33.3 Å². The molecule has 48 heavy (non-hydrogen) atoms. The SMILES string of the molecule is Cc1ccccc1CCOC(=O)c1c(Cl)c(Cl)cc(Cl)c1OC(=O)C(C)Oc1c(Cl)cc(Cl)c(Cl)c1C(=O)OCCc1ccccc1C. The molecule has 0 aliphatic carbocycles. The Morgan fingerprint density at radius 2 is 1.04 bits per heavy atom. The van der Waals surface area contributed by atoms with E-state index in [0.717, 1.165) is 22.3 Å². The Kier molecular flexibility index (Phi) is 13.3. The fourth-order valence-electron chi connectivity index (χ4n) is 4.58. The number of ether oxygens (including phenoxy) is 4. The van der Waals surface area contributed by atoms with Gasteiger partial charge in [-0.2, -0.15) is 0 Å². The molecule has 0 radical (unpaired) electrons. The summed E-state index contributed by atoms with van der Waals surface area (Å²) in [6.45, 7) is 5.22. The van der Waals surface area contributed by atoms with Gasteiger partial charge in [0, 0.05) is 12.8 Å². The molecule has 1 unspecified atom stereocenters. The van der Waals surface area contributed by atoms with E-state index in [1.54, 1.807) is 0 Å². The Morgan fingerprint density at radius 3 is 1.50 bits per heavy atom. The highest BCUT2D eigenvalue weighted by molar-refractivity contribution is 6.46. The standard InChI is InChI=1S/C35H28Cl6O7/c1-18-8-4-6-10-21(18)12-14-45-34(43)27-29(40)23(36)16-25(38)31(27)47-20(3)33(42)48-32-26(39)17-24(37)30(41)28(32)35(44)46-15-13-22-11-7-5-9-19(22)2/h4-11,16-17,20H,12-15H2,1-3H3. The third-order valence-corrected chi connectivity index (χ3v) is 9.36. The molecule has 0 saturated carbocycles. The maximum Gasteiger partial charge on any atom is 0.352 e. The first-order valence-electron chi connectivity index (χ1n) is 14.5. The van der Waals surface area contributed by atoms with Gasteiger partial charge in [0.2, 0.25) is 0 Å². The maximum absolute atomic E-state index is 13.3. The second-order valence-electron chi connectivity index (χ2n) is 10.5. The normalized spacial score (nSPS) is 11.5. The van der Waals surface area contributed by atoms with Crippen LogP contribution in [0, 0.1) is 13.8 Å². The van der Waals surface area contributed by atoms with Gasteiger partial charge in [-0.25, -0.2) is 14.4 Å². The van der Waals surface area contributed by atoms with Gasteiger partial charge < -0.3 is 18.9 Å². The molecule has 0 amide bonds. The molecule has 0 fully saturated rings. The summed E-state index contributed by atoms with van der Waals surface area (Å²) in [4.78, 5) is 39.7. The predicted molar refractivity (Wildman–Crippen MR) is 189 cm³/mol. The van der Waals surface area contributed by atoms with Gasteiger partial charge in [-0.05, 0) is 55.2 Å². The number of carbonyl (C=O) groups excluding carboxylic acids is 3. The van der Waals surface area contributed by atoms with Crippen molar-refractivity contribution in [2.45, 2.75) is 39.7 Å². The molecular formula is C35H28Cl6O7. The molecule has 0 aliphatic rings. The Balaban J connectivity index is 1.52. The van der Waals surface area contributed by atoms with E-state index in [1.165, 1.54) is 19.1 Å². The van der Waals surface area contributed by atoms with Crippen molar-refractivity contribution in [1.29, 1.82) is 0 Å². The van der Waals surface area contributed by atoms with Crippen LogP contribution in [-0.2, 0) is 27.1 Å². The van der Waals surface area contributed by atoms with Gasteiger partial charge in [0.25, 0.3) is 0 Å². The molecule has 0 heterocycles. The summed E-state index contributed by atoms with van der Waals surface area (Å²) in [6, 6.07) is 17.8. The van der Waals surface area contributed by atoms with Crippen molar-refractivity contribution in [3.8, 4) is 11.5 Å². The third-order valence-electron chi connectivity index (χ3n) is 7.22. The van der Waals surface area contributed by atoms with Crippen LogP contribution in [0.15, 0.2) is 60.7 Å². The molecule has 0 aliphatic heterocycles. The summed E-state index contributed by atoms with van der Waals surface area (Å²) in [5.74, 6) is -3.50. The van der Waals surface area contributed by atoms with Crippen molar-refractivity contribution in [1.82, 2.24) is 0 Å². The van der Waals surface area contributed by atoms with Crippen molar-refractivity contribution in [3.05, 3.63) is 124 Å². The average molecular weight is 773 g/mol. The smallest absolute Gasteiger partial charge is 0.352 e. The Bertz CT molecular complexity index is 1860. The van der Waals surface area contributed by atoms with E-state index in [1.807, 2.05) is 62.4 Å². The first-order chi connectivity index (χ1) is 22.8. The van der Waals surface area contributed by atoms with Crippen LogP contribution in [0.5, 0.6) is 11.5 Å². The van der Waals surface area contributed by atoms with E-state index in [2.05, 4.69) is 0 Å². The number of rotatable bonds is 12. The van der Waals surface area contributed by atoms with Crippen LogP contribution in [0.1, 0.15) is 49.9 Å². The molecule has 4 rings (SSSR count). The van der Waals surface area contributed by atoms with Gasteiger partial charge in [-0.3, -0.25) is 0 Å². The van der Waals surface area contributed by atoms with E-state index >= 15 is 0 Å². The van der Waals surface area contributed by atoms with E-state index in [-0.39, 0.29) is 60.2 Å². The lowest BCUT2D eigenvalue weighted by Gasteiger charge is -2.20. The number of hydrogen-bond acceptors (Lipinski definition) is 7. The second kappa shape index (κ2) is 17.0. The Morgan fingerprint density at radius 1 is 0.625 bits per heavy atom. The molecule has 252 valence electrons. The number of halogens is 6. The number of carbonyl (C=O) groups is 3. The molecule has 4 aromatic rings. The van der Waals surface area contributed by atoms with E-state index in [0.29, 0.717) is 12.8 Å². The van der Waals surface area contributed by atoms with Crippen molar-refractivity contribution >= 4 is 87.5 Å². The lowest BCUT2D eigenvalue weighted by Crippen LogP contribution is -2.30. The summed E-state index contributed by atoms with van der Waals surface area (Å²) in [7, 11) is 0. The fourth-order valence-corrected chi connectivity index (χ4v) is 6.02. The molecule has 0 bridgehead atoms. The second-order valence-corrected chi connectivity index (χ2v) is 12.9. The molecule has 0 aromatic heterocycles. The minimum Gasteiger partial charge on any atom is -0.476 e.